The van der Waals surface area contributed by atoms with Gasteiger partial charge in [-0.25, -0.2) is 0 Å². The molecule has 1 atom stereocenters. The largest absolute Gasteiger partial charge is 0.497 e. The first-order valence-corrected chi connectivity index (χ1v) is 6.79. The number of rotatable bonds is 3. The molecule has 1 fully saturated rings. The lowest BCUT2D eigenvalue weighted by Gasteiger charge is -2.38. The molecule has 0 saturated carbocycles. The molecule has 1 saturated heterocycles. The molecule has 1 aliphatic heterocycles. The van der Waals surface area contributed by atoms with E-state index in [0.717, 1.165) is 30.9 Å². The molecule has 104 valence electrons. The molecule has 1 aliphatic rings. The van der Waals surface area contributed by atoms with Gasteiger partial charge in [0.05, 0.1) is 7.11 Å². The molecule has 1 N–H and O–H groups in total. The van der Waals surface area contributed by atoms with Gasteiger partial charge in [-0.15, -0.1) is 0 Å². The van der Waals surface area contributed by atoms with Crippen molar-refractivity contribution in [2.45, 2.75) is 19.9 Å². The Morgan fingerprint density at radius 3 is 2.63 bits per heavy atom. The minimum Gasteiger partial charge on any atom is -0.497 e. The van der Waals surface area contributed by atoms with Crippen LogP contribution in [0.5, 0.6) is 5.75 Å². The number of ether oxygens (including phenoxy) is 1. The smallest absolute Gasteiger partial charge is 0.254 e. The first-order chi connectivity index (χ1) is 9.13. The van der Waals surface area contributed by atoms with E-state index in [1.807, 2.05) is 29.2 Å². The molecular formula is C15H22N2O2. The molecule has 0 spiro atoms. The van der Waals surface area contributed by atoms with Crippen molar-refractivity contribution in [2.75, 3.05) is 26.7 Å². The fourth-order valence-corrected chi connectivity index (χ4v) is 2.47. The molecule has 1 unspecified atom stereocenters. The number of methoxy groups -OCH3 is 1. The second-order valence-corrected chi connectivity index (χ2v) is 5.24. The van der Waals surface area contributed by atoms with Gasteiger partial charge in [-0.05, 0) is 30.2 Å². The van der Waals surface area contributed by atoms with Gasteiger partial charge in [0.1, 0.15) is 5.75 Å². The fourth-order valence-electron chi connectivity index (χ4n) is 2.47. The van der Waals surface area contributed by atoms with E-state index in [1.54, 1.807) is 7.11 Å². The molecule has 0 radical (unpaired) electrons. The number of carbonyl (C=O) groups is 1. The zero-order valence-corrected chi connectivity index (χ0v) is 11.8. The summed E-state index contributed by atoms with van der Waals surface area (Å²) in [5.74, 6) is 1.34. The minimum atomic E-state index is 0.114. The number of benzene rings is 1. The maximum Gasteiger partial charge on any atom is 0.254 e. The molecule has 0 bridgehead atoms. The topological polar surface area (TPSA) is 41.6 Å². The quantitative estimate of drug-likeness (QED) is 0.902. The van der Waals surface area contributed by atoms with Crippen molar-refractivity contribution in [3.8, 4) is 5.75 Å². The lowest BCUT2D eigenvalue weighted by molar-refractivity contribution is 0.0573. The molecule has 19 heavy (non-hydrogen) atoms. The SMILES string of the molecule is COc1ccc(C(=O)N2CCNCC2C(C)C)cc1. The van der Waals surface area contributed by atoms with Crippen LogP contribution in [-0.2, 0) is 0 Å². The summed E-state index contributed by atoms with van der Waals surface area (Å²) >= 11 is 0. The van der Waals surface area contributed by atoms with Gasteiger partial charge in [0.15, 0.2) is 0 Å². The van der Waals surface area contributed by atoms with Crippen molar-refractivity contribution < 1.29 is 9.53 Å². The number of carbonyl (C=O) groups excluding carboxylic acids is 1. The Labute approximate surface area is 114 Å². The van der Waals surface area contributed by atoms with Crippen LogP contribution in [0.1, 0.15) is 24.2 Å². The average Bonchev–Trinajstić information content (AvgIpc) is 2.46. The molecule has 0 aromatic heterocycles. The number of hydrogen-bond donors (Lipinski definition) is 1. The van der Waals surface area contributed by atoms with Gasteiger partial charge in [-0.1, -0.05) is 13.8 Å². The van der Waals surface area contributed by atoms with E-state index in [2.05, 4.69) is 19.2 Å². The van der Waals surface area contributed by atoms with Crippen molar-refractivity contribution in [2.24, 2.45) is 5.92 Å². The molecule has 2 rings (SSSR count). The third-order valence-corrected chi connectivity index (χ3v) is 3.65. The van der Waals surface area contributed by atoms with E-state index < -0.39 is 0 Å². The summed E-state index contributed by atoms with van der Waals surface area (Å²) in [6, 6.07) is 7.60. The first kappa shape index (κ1) is 13.9. The van der Waals surface area contributed by atoms with Crippen LogP contribution in [0.15, 0.2) is 24.3 Å². The predicted molar refractivity (Wildman–Crippen MR) is 75.5 cm³/mol. The van der Waals surface area contributed by atoms with Gasteiger partial charge in [-0.2, -0.15) is 0 Å². The van der Waals surface area contributed by atoms with E-state index >= 15 is 0 Å². The maximum absolute atomic E-state index is 12.6. The summed E-state index contributed by atoms with van der Waals surface area (Å²) in [7, 11) is 1.63. The number of nitrogens with one attached hydrogen (secondary N) is 1. The first-order valence-electron chi connectivity index (χ1n) is 6.79. The van der Waals surface area contributed by atoms with Crippen molar-refractivity contribution in [1.82, 2.24) is 10.2 Å². The van der Waals surface area contributed by atoms with Crippen LogP contribution in [0.3, 0.4) is 0 Å². The van der Waals surface area contributed by atoms with Crippen LogP contribution < -0.4 is 10.1 Å². The van der Waals surface area contributed by atoms with Gasteiger partial charge < -0.3 is 15.0 Å². The number of amides is 1. The third kappa shape index (κ3) is 3.07. The monoisotopic (exact) mass is 262 g/mol. The van der Waals surface area contributed by atoms with E-state index in [1.165, 1.54) is 0 Å². The van der Waals surface area contributed by atoms with Crippen LogP contribution in [0.2, 0.25) is 0 Å². The highest BCUT2D eigenvalue weighted by Crippen LogP contribution is 2.18. The average molecular weight is 262 g/mol. The van der Waals surface area contributed by atoms with Crippen LogP contribution >= 0.6 is 0 Å². The van der Waals surface area contributed by atoms with Crippen LogP contribution in [-0.4, -0.2) is 43.6 Å². The van der Waals surface area contributed by atoms with Crippen LogP contribution in [0.25, 0.3) is 0 Å². The summed E-state index contributed by atoms with van der Waals surface area (Å²) in [4.78, 5) is 14.6. The summed E-state index contributed by atoms with van der Waals surface area (Å²) in [6.07, 6.45) is 0. The molecule has 0 aliphatic carbocycles. The Bertz CT molecular complexity index is 428. The summed E-state index contributed by atoms with van der Waals surface area (Å²) in [5.41, 5.74) is 0.730. The molecular weight excluding hydrogens is 240 g/mol. The Hall–Kier alpha value is -1.55. The van der Waals surface area contributed by atoms with Crippen LogP contribution in [0, 0.1) is 5.92 Å². The summed E-state index contributed by atoms with van der Waals surface area (Å²) < 4.78 is 5.12. The highest BCUT2D eigenvalue weighted by atomic mass is 16.5. The lowest BCUT2D eigenvalue weighted by Crippen LogP contribution is -2.55. The van der Waals surface area contributed by atoms with Crippen LogP contribution in [0.4, 0.5) is 0 Å². The molecule has 1 aromatic carbocycles. The van der Waals surface area contributed by atoms with Crippen molar-refractivity contribution in [3.63, 3.8) is 0 Å². The van der Waals surface area contributed by atoms with E-state index in [-0.39, 0.29) is 11.9 Å². The molecule has 1 amide bonds. The van der Waals surface area contributed by atoms with Crippen molar-refractivity contribution in [1.29, 1.82) is 0 Å². The Kier molecular flexibility index (Phi) is 4.43. The highest BCUT2D eigenvalue weighted by Gasteiger charge is 2.29. The molecule has 1 heterocycles. The van der Waals surface area contributed by atoms with E-state index in [9.17, 15) is 4.79 Å². The highest BCUT2D eigenvalue weighted by molar-refractivity contribution is 5.94. The fraction of sp³-hybridized carbons (Fsp3) is 0.533. The third-order valence-electron chi connectivity index (χ3n) is 3.65. The number of piperazine rings is 1. The van der Waals surface area contributed by atoms with Gasteiger partial charge in [0.25, 0.3) is 5.91 Å². The van der Waals surface area contributed by atoms with Crippen molar-refractivity contribution >= 4 is 5.91 Å². The standard InChI is InChI=1S/C15H22N2O2/c1-11(2)14-10-16-8-9-17(14)15(18)12-4-6-13(19-3)7-5-12/h4-7,11,14,16H,8-10H2,1-3H3. The Balaban J connectivity index is 2.16. The Morgan fingerprint density at radius 1 is 1.37 bits per heavy atom. The zero-order chi connectivity index (χ0) is 13.8. The minimum absolute atomic E-state index is 0.114. The normalized spacial score (nSPS) is 19.6. The van der Waals surface area contributed by atoms with E-state index in [4.69, 9.17) is 4.74 Å². The summed E-state index contributed by atoms with van der Waals surface area (Å²) in [6.45, 7) is 6.83. The zero-order valence-electron chi connectivity index (χ0n) is 11.8. The van der Waals surface area contributed by atoms with Gasteiger partial charge in [0.2, 0.25) is 0 Å². The number of hydrogen-bond acceptors (Lipinski definition) is 3. The van der Waals surface area contributed by atoms with Gasteiger partial charge in [0, 0.05) is 31.2 Å². The lowest BCUT2D eigenvalue weighted by atomic mass is 9.99. The predicted octanol–water partition coefficient (Wildman–Crippen LogP) is 1.77. The van der Waals surface area contributed by atoms with E-state index in [0.29, 0.717) is 5.92 Å². The van der Waals surface area contributed by atoms with Gasteiger partial charge in [-0.3, -0.25) is 4.79 Å². The number of nitrogens with zero attached hydrogens (tertiary/aromatic N) is 1. The molecule has 4 nitrogen and oxygen atoms in total. The van der Waals surface area contributed by atoms with Gasteiger partial charge >= 0.3 is 0 Å². The second-order valence-electron chi connectivity index (χ2n) is 5.24. The maximum atomic E-state index is 12.6. The second kappa shape index (κ2) is 6.06. The Morgan fingerprint density at radius 2 is 2.05 bits per heavy atom. The van der Waals surface area contributed by atoms with Crippen molar-refractivity contribution in [3.05, 3.63) is 29.8 Å². The summed E-state index contributed by atoms with van der Waals surface area (Å²) in [5, 5.41) is 3.36. The molecule has 4 heteroatoms. The molecule has 1 aromatic rings.